The number of anilines is 1. The Morgan fingerprint density at radius 3 is 2.60 bits per heavy atom. The molecule has 1 fully saturated rings. The Morgan fingerprint density at radius 1 is 1.20 bits per heavy atom. The highest BCUT2D eigenvalue weighted by Crippen LogP contribution is 2.19. The van der Waals surface area contributed by atoms with E-state index in [2.05, 4.69) is 27.3 Å². The molecule has 2 aromatic rings. The average Bonchev–Trinajstić information content (AvgIpc) is 2.68. The number of pyridine rings is 1. The van der Waals surface area contributed by atoms with Crippen LogP contribution in [0.5, 0.6) is 0 Å². The number of carbonyl (C=O) groups is 1. The topological polar surface area (TPSA) is 69.0 Å². The summed E-state index contributed by atoms with van der Waals surface area (Å²) >= 11 is 0. The van der Waals surface area contributed by atoms with Gasteiger partial charge in [-0.1, -0.05) is 30.3 Å². The molecule has 3 rings (SSSR count). The number of hydrogen-bond donors (Lipinski definition) is 1. The highest BCUT2D eigenvalue weighted by Gasteiger charge is 2.21. The van der Waals surface area contributed by atoms with Crippen molar-refractivity contribution in [2.75, 3.05) is 18.0 Å². The van der Waals surface area contributed by atoms with Gasteiger partial charge in [0, 0.05) is 25.6 Å². The van der Waals surface area contributed by atoms with E-state index in [1.165, 1.54) is 5.56 Å². The number of nitriles is 1. The van der Waals surface area contributed by atoms with Crippen molar-refractivity contribution in [3.05, 3.63) is 59.9 Å². The molecule has 0 radical (unpaired) electrons. The number of carbonyl (C=O) groups excluding carboxylic acids is 1. The zero-order chi connectivity index (χ0) is 17.5. The highest BCUT2D eigenvalue weighted by atomic mass is 16.1. The van der Waals surface area contributed by atoms with Gasteiger partial charge in [-0.25, -0.2) is 4.98 Å². The maximum atomic E-state index is 12.1. The van der Waals surface area contributed by atoms with E-state index in [0.717, 1.165) is 38.0 Å². The summed E-state index contributed by atoms with van der Waals surface area (Å²) in [4.78, 5) is 18.5. The monoisotopic (exact) mass is 334 g/mol. The summed E-state index contributed by atoms with van der Waals surface area (Å²) in [5, 5.41) is 12.0. The van der Waals surface area contributed by atoms with Crippen LogP contribution in [-0.2, 0) is 11.2 Å². The van der Waals surface area contributed by atoms with Gasteiger partial charge in [-0.05, 0) is 37.0 Å². The zero-order valence-electron chi connectivity index (χ0n) is 14.2. The van der Waals surface area contributed by atoms with Crippen LogP contribution in [0.2, 0.25) is 0 Å². The van der Waals surface area contributed by atoms with Crippen molar-refractivity contribution in [1.82, 2.24) is 10.3 Å². The highest BCUT2D eigenvalue weighted by molar-refractivity contribution is 5.76. The van der Waals surface area contributed by atoms with Gasteiger partial charge in [0.05, 0.1) is 11.9 Å². The molecule has 0 bridgehead atoms. The smallest absolute Gasteiger partial charge is 0.220 e. The Kier molecular flexibility index (Phi) is 5.63. The van der Waals surface area contributed by atoms with Gasteiger partial charge in [0.15, 0.2) is 0 Å². The van der Waals surface area contributed by atoms with Crippen LogP contribution >= 0.6 is 0 Å². The summed E-state index contributed by atoms with van der Waals surface area (Å²) in [6.45, 7) is 1.77. The summed E-state index contributed by atoms with van der Waals surface area (Å²) in [6, 6.07) is 16.0. The molecule has 1 aromatic heterocycles. The minimum Gasteiger partial charge on any atom is -0.370 e. The molecule has 0 spiro atoms. The van der Waals surface area contributed by atoms with E-state index >= 15 is 0 Å². The van der Waals surface area contributed by atoms with Crippen LogP contribution in [0.1, 0.15) is 30.5 Å². The molecular formula is C20H22N4O. The Morgan fingerprint density at radius 2 is 1.96 bits per heavy atom. The first-order valence-electron chi connectivity index (χ1n) is 8.69. The largest absolute Gasteiger partial charge is 0.370 e. The minimum absolute atomic E-state index is 0.127. The molecule has 1 N–H and O–H groups in total. The van der Waals surface area contributed by atoms with Gasteiger partial charge in [0.1, 0.15) is 11.8 Å². The first-order chi connectivity index (χ1) is 12.2. The van der Waals surface area contributed by atoms with E-state index in [0.29, 0.717) is 12.1 Å². The van der Waals surface area contributed by atoms with Crippen molar-refractivity contribution < 1.29 is 4.79 Å². The molecule has 5 heteroatoms. The average molecular weight is 334 g/mol. The third-order valence-electron chi connectivity index (χ3n) is 4.57. The van der Waals surface area contributed by atoms with Crippen LogP contribution in [-0.4, -0.2) is 30.0 Å². The van der Waals surface area contributed by atoms with E-state index in [4.69, 9.17) is 5.26 Å². The fraction of sp³-hybridized carbons (Fsp3) is 0.350. The van der Waals surface area contributed by atoms with E-state index in [-0.39, 0.29) is 11.9 Å². The fourth-order valence-electron chi connectivity index (χ4n) is 3.12. The number of piperidine rings is 1. The van der Waals surface area contributed by atoms with Gasteiger partial charge in [-0.15, -0.1) is 0 Å². The number of benzene rings is 1. The lowest BCUT2D eigenvalue weighted by Gasteiger charge is -2.33. The molecule has 0 unspecified atom stereocenters. The first-order valence-corrected chi connectivity index (χ1v) is 8.69. The Labute approximate surface area is 148 Å². The lowest BCUT2D eigenvalue weighted by atomic mass is 10.0. The van der Waals surface area contributed by atoms with Gasteiger partial charge in [-0.3, -0.25) is 4.79 Å². The molecule has 1 aromatic carbocycles. The first kappa shape index (κ1) is 17.0. The van der Waals surface area contributed by atoms with Crippen LogP contribution in [0.25, 0.3) is 0 Å². The van der Waals surface area contributed by atoms with Crippen molar-refractivity contribution in [3.63, 3.8) is 0 Å². The van der Waals surface area contributed by atoms with Crippen LogP contribution in [0.15, 0.2) is 48.7 Å². The number of nitrogens with one attached hydrogen (secondary N) is 1. The Hall–Kier alpha value is -2.87. The Balaban J connectivity index is 1.42. The van der Waals surface area contributed by atoms with Crippen LogP contribution in [0, 0.1) is 11.3 Å². The lowest BCUT2D eigenvalue weighted by Crippen LogP contribution is -2.44. The summed E-state index contributed by atoms with van der Waals surface area (Å²) in [5.41, 5.74) is 2.66. The third-order valence-corrected chi connectivity index (χ3v) is 4.57. The zero-order valence-corrected chi connectivity index (χ0v) is 14.2. The Bertz CT molecular complexity index is 729. The minimum atomic E-state index is 0.127. The summed E-state index contributed by atoms with van der Waals surface area (Å²) in [7, 11) is 0. The van der Waals surface area contributed by atoms with Crippen molar-refractivity contribution >= 4 is 11.6 Å². The second kappa shape index (κ2) is 8.29. The SMILES string of the molecule is N#Cc1ccc(N2CCC(NC(=O)CCc3ccccc3)CC2)cn1. The predicted octanol–water partition coefficient (Wildman–Crippen LogP) is 2.67. The van der Waals surface area contributed by atoms with Crippen molar-refractivity contribution in [3.8, 4) is 6.07 Å². The molecule has 128 valence electrons. The number of amides is 1. The van der Waals surface area contributed by atoms with Gasteiger partial charge in [0.25, 0.3) is 0 Å². The predicted molar refractivity (Wildman–Crippen MR) is 97.1 cm³/mol. The van der Waals surface area contributed by atoms with Gasteiger partial charge >= 0.3 is 0 Å². The van der Waals surface area contributed by atoms with E-state index < -0.39 is 0 Å². The molecule has 0 saturated carbocycles. The molecule has 5 nitrogen and oxygen atoms in total. The molecule has 1 saturated heterocycles. The van der Waals surface area contributed by atoms with Crippen molar-refractivity contribution in [2.24, 2.45) is 0 Å². The van der Waals surface area contributed by atoms with Gasteiger partial charge in [-0.2, -0.15) is 5.26 Å². The number of hydrogen-bond acceptors (Lipinski definition) is 4. The number of nitrogens with zero attached hydrogens (tertiary/aromatic N) is 3. The fourth-order valence-corrected chi connectivity index (χ4v) is 3.12. The maximum absolute atomic E-state index is 12.1. The molecule has 25 heavy (non-hydrogen) atoms. The normalized spacial score (nSPS) is 14.8. The maximum Gasteiger partial charge on any atom is 0.220 e. The molecule has 0 aliphatic carbocycles. The summed E-state index contributed by atoms with van der Waals surface area (Å²) < 4.78 is 0. The molecule has 0 atom stereocenters. The molecular weight excluding hydrogens is 312 g/mol. The van der Waals surface area contributed by atoms with E-state index in [9.17, 15) is 4.79 Å². The van der Waals surface area contributed by atoms with Crippen LogP contribution in [0.3, 0.4) is 0 Å². The number of aromatic nitrogens is 1. The second-order valence-corrected chi connectivity index (χ2v) is 6.33. The van der Waals surface area contributed by atoms with Crippen LogP contribution in [0.4, 0.5) is 5.69 Å². The van der Waals surface area contributed by atoms with Crippen LogP contribution < -0.4 is 10.2 Å². The number of aryl methyl sites for hydroxylation is 1. The van der Waals surface area contributed by atoms with E-state index in [1.807, 2.05) is 30.3 Å². The molecule has 1 amide bonds. The van der Waals surface area contributed by atoms with E-state index in [1.54, 1.807) is 12.3 Å². The number of rotatable bonds is 5. The van der Waals surface area contributed by atoms with Gasteiger partial charge < -0.3 is 10.2 Å². The van der Waals surface area contributed by atoms with Crippen molar-refractivity contribution in [1.29, 1.82) is 5.26 Å². The third kappa shape index (κ3) is 4.80. The summed E-state index contributed by atoms with van der Waals surface area (Å²) in [5.74, 6) is 0.127. The standard InChI is InChI=1S/C20H22N4O/c21-14-18-7-8-19(15-22-18)24-12-10-17(11-13-24)23-20(25)9-6-16-4-2-1-3-5-16/h1-5,7-8,15,17H,6,9-13H2,(H,23,25). The quantitative estimate of drug-likeness (QED) is 0.913. The molecule has 1 aliphatic rings. The second-order valence-electron chi connectivity index (χ2n) is 6.33. The molecule has 2 heterocycles. The van der Waals surface area contributed by atoms with Crippen molar-refractivity contribution in [2.45, 2.75) is 31.7 Å². The lowest BCUT2D eigenvalue weighted by molar-refractivity contribution is -0.121. The molecule has 1 aliphatic heterocycles. The van der Waals surface area contributed by atoms with Gasteiger partial charge in [0.2, 0.25) is 5.91 Å². The summed E-state index contributed by atoms with van der Waals surface area (Å²) in [6.07, 6.45) is 4.91.